The van der Waals surface area contributed by atoms with Crippen LogP contribution in [0.1, 0.15) is 18.9 Å². The lowest BCUT2D eigenvalue weighted by atomic mass is 9.96. The monoisotopic (exact) mass is 322 g/mol. The molecule has 2 heterocycles. The largest absolute Gasteiger partial charge is 0.378 e. The van der Waals surface area contributed by atoms with Gasteiger partial charge in [0.1, 0.15) is 5.82 Å². The second kappa shape index (κ2) is 6.30. The van der Waals surface area contributed by atoms with E-state index in [-0.39, 0.29) is 17.8 Å². The van der Waals surface area contributed by atoms with Crippen LogP contribution in [-0.2, 0) is 16.0 Å². The summed E-state index contributed by atoms with van der Waals surface area (Å²) in [5, 5.41) is 0. The molecule has 0 radical (unpaired) electrons. The quantitative estimate of drug-likeness (QED) is 0.685. The van der Waals surface area contributed by atoms with Crippen molar-refractivity contribution >= 4 is 28.8 Å². The molecule has 3 rings (SSSR count). The number of aryl methyl sites for hydroxylation is 1. The third-order valence-electron chi connectivity index (χ3n) is 4.27. The predicted octanol–water partition coefficient (Wildman–Crippen LogP) is 2.15. The molecule has 0 saturated carbocycles. The van der Waals surface area contributed by atoms with Gasteiger partial charge in [-0.15, -0.1) is 0 Å². The van der Waals surface area contributed by atoms with Gasteiger partial charge in [-0.1, -0.05) is 12.2 Å². The van der Waals surface area contributed by atoms with Gasteiger partial charge >= 0.3 is 0 Å². The van der Waals surface area contributed by atoms with Gasteiger partial charge in [0.2, 0.25) is 0 Å². The van der Waals surface area contributed by atoms with Crippen molar-refractivity contribution in [1.82, 2.24) is 4.90 Å². The number of rotatable bonds is 0. The number of amides is 1. The summed E-state index contributed by atoms with van der Waals surface area (Å²) in [6.07, 6.45) is 1.59. The summed E-state index contributed by atoms with van der Waals surface area (Å²) in [7, 11) is 0. The van der Waals surface area contributed by atoms with Gasteiger partial charge in [0, 0.05) is 24.8 Å². The van der Waals surface area contributed by atoms with Crippen LogP contribution >= 0.6 is 12.2 Å². The highest BCUT2D eigenvalue weighted by Crippen LogP contribution is 2.31. The Bertz CT molecular complexity index is 602. The van der Waals surface area contributed by atoms with Crippen molar-refractivity contribution in [2.75, 3.05) is 31.2 Å². The molecule has 4 nitrogen and oxygen atoms in total. The summed E-state index contributed by atoms with van der Waals surface area (Å²) in [5.74, 6) is -0.437. The number of morpholine rings is 1. The number of carbonyl (C=O) groups excluding carboxylic acids is 1. The fraction of sp³-hybridized carbons (Fsp3) is 0.500. The lowest BCUT2D eigenvalue weighted by Gasteiger charge is -2.37. The van der Waals surface area contributed by atoms with Crippen molar-refractivity contribution in [2.45, 2.75) is 25.8 Å². The van der Waals surface area contributed by atoms with Gasteiger partial charge in [0.25, 0.3) is 5.91 Å². The summed E-state index contributed by atoms with van der Waals surface area (Å²) < 4.78 is 18.7. The number of anilines is 1. The lowest BCUT2D eigenvalue weighted by Crippen LogP contribution is -2.52. The van der Waals surface area contributed by atoms with Gasteiger partial charge in [0.05, 0.1) is 13.2 Å². The van der Waals surface area contributed by atoms with Crippen molar-refractivity contribution in [1.29, 1.82) is 0 Å². The fourth-order valence-corrected chi connectivity index (χ4v) is 3.32. The molecule has 1 aromatic rings. The third kappa shape index (κ3) is 2.85. The second-order valence-corrected chi connectivity index (χ2v) is 6.13. The van der Waals surface area contributed by atoms with Crippen molar-refractivity contribution < 1.29 is 13.9 Å². The van der Waals surface area contributed by atoms with Crippen LogP contribution in [0.15, 0.2) is 18.2 Å². The summed E-state index contributed by atoms with van der Waals surface area (Å²) in [5.41, 5.74) is 1.65. The molecule has 2 aliphatic heterocycles. The minimum absolute atomic E-state index is 0.0597. The average molecular weight is 322 g/mol. The van der Waals surface area contributed by atoms with Gasteiger partial charge in [-0.25, -0.2) is 4.39 Å². The molecular formula is C16H19FN2O2S. The highest BCUT2D eigenvalue weighted by molar-refractivity contribution is 7.82. The van der Waals surface area contributed by atoms with Crippen LogP contribution in [-0.4, -0.2) is 48.1 Å². The molecule has 22 heavy (non-hydrogen) atoms. The molecular weight excluding hydrogens is 303 g/mol. The molecule has 1 fully saturated rings. The first kappa shape index (κ1) is 15.4. The zero-order valence-electron chi connectivity index (χ0n) is 12.5. The molecule has 6 heteroatoms. The van der Waals surface area contributed by atoms with Crippen molar-refractivity contribution in [3.05, 3.63) is 29.6 Å². The minimum Gasteiger partial charge on any atom is -0.378 e. The number of fused-ring (bicyclic) bond motifs is 1. The molecule has 0 aromatic heterocycles. The van der Waals surface area contributed by atoms with Gasteiger partial charge < -0.3 is 14.5 Å². The first-order valence-electron chi connectivity index (χ1n) is 7.56. The van der Waals surface area contributed by atoms with Gasteiger partial charge in [0.15, 0.2) is 4.99 Å². The van der Waals surface area contributed by atoms with Crippen LogP contribution in [0, 0.1) is 5.82 Å². The minimum atomic E-state index is -0.267. The Hall–Kier alpha value is -1.53. The number of carbonyl (C=O) groups is 1. The first-order chi connectivity index (χ1) is 10.6. The number of halogens is 1. The van der Waals surface area contributed by atoms with E-state index in [9.17, 15) is 9.18 Å². The van der Waals surface area contributed by atoms with Crippen LogP contribution < -0.4 is 4.90 Å². The van der Waals surface area contributed by atoms with Crippen LogP contribution in [0.3, 0.4) is 0 Å². The summed E-state index contributed by atoms with van der Waals surface area (Å²) in [6.45, 7) is 4.47. The van der Waals surface area contributed by atoms with E-state index in [0.29, 0.717) is 31.3 Å². The SMILES string of the molecule is CC1CCc2cc(F)ccc2N1C(=O)C(=S)N1CCOCC1. The Morgan fingerprint density at radius 3 is 2.82 bits per heavy atom. The van der Waals surface area contributed by atoms with E-state index >= 15 is 0 Å². The Kier molecular flexibility index (Phi) is 4.40. The van der Waals surface area contributed by atoms with E-state index < -0.39 is 0 Å². The smallest absolute Gasteiger partial charge is 0.286 e. The maximum atomic E-state index is 13.4. The number of nitrogens with zero attached hydrogens (tertiary/aromatic N) is 2. The topological polar surface area (TPSA) is 32.8 Å². The molecule has 118 valence electrons. The zero-order chi connectivity index (χ0) is 15.7. The maximum Gasteiger partial charge on any atom is 0.286 e. The standard InChI is InChI=1S/C16H19FN2O2S/c1-11-2-3-12-10-13(17)4-5-14(12)19(11)15(20)16(22)18-6-8-21-9-7-18/h4-5,10-11H,2-3,6-9H2,1H3. The third-order valence-corrected chi connectivity index (χ3v) is 4.71. The molecule has 1 saturated heterocycles. The van der Waals surface area contributed by atoms with Crippen LogP contribution in [0.25, 0.3) is 0 Å². The predicted molar refractivity (Wildman–Crippen MR) is 86.7 cm³/mol. The number of benzene rings is 1. The van der Waals surface area contributed by atoms with Crippen LogP contribution in [0.5, 0.6) is 0 Å². The summed E-state index contributed by atoms with van der Waals surface area (Å²) >= 11 is 5.39. The summed E-state index contributed by atoms with van der Waals surface area (Å²) in [4.78, 5) is 16.8. The van der Waals surface area contributed by atoms with Crippen LogP contribution in [0.4, 0.5) is 10.1 Å². The average Bonchev–Trinajstić information content (AvgIpc) is 2.54. The Balaban J connectivity index is 1.86. The van der Waals surface area contributed by atoms with Crippen molar-refractivity contribution in [2.24, 2.45) is 0 Å². The van der Waals surface area contributed by atoms with E-state index in [1.807, 2.05) is 11.8 Å². The molecule has 0 aliphatic carbocycles. The Morgan fingerprint density at radius 1 is 1.36 bits per heavy atom. The van der Waals surface area contributed by atoms with Crippen molar-refractivity contribution in [3.63, 3.8) is 0 Å². The van der Waals surface area contributed by atoms with Gasteiger partial charge in [-0.2, -0.15) is 0 Å². The van der Waals surface area contributed by atoms with E-state index in [1.54, 1.807) is 11.0 Å². The van der Waals surface area contributed by atoms with Gasteiger partial charge in [-0.05, 0) is 43.5 Å². The van der Waals surface area contributed by atoms with E-state index in [0.717, 1.165) is 24.1 Å². The molecule has 1 unspecified atom stereocenters. The molecule has 0 bridgehead atoms. The van der Waals surface area contributed by atoms with E-state index in [2.05, 4.69) is 0 Å². The second-order valence-electron chi connectivity index (χ2n) is 5.74. The normalized spacial score (nSPS) is 21.5. The van der Waals surface area contributed by atoms with Crippen molar-refractivity contribution in [3.8, 4) is 0 Å². The first-order valence-corrected chi connectivity index (χ1v) is 7.97. The number of ether oxygens (including phenoxy) is 1. The fourth-order valence-electron chi connectivity index (χ4n) is 3.03. The number of hydrogen-bond acceptors (Lipinski definition) is 3. The molecule has 0 N–H and O–H groups in total. The number of thiocarbonyl (C=S) groups is 1. The van der Waals surface area contributed by atoms with Gasteiger partial charge in [-0.3, -0.25) is 4.79 Å². The lowest BCUT2D eigenvalue weighted by molar-refractivity contribution is -0.113. The Morgan fingerprint density at radius 2 is 2.09 bits per heavy atom. The molecule has 1 amide bonds. The molecule has 2 aliphatic rings. The Labute approximate surface area is 134 Å². The number of hydrogen-bond donors (Lipinski definition) is 0. The molecule has 1 atom stereocenters. The highest BCUT2D eigenvalue weighted by atomic mass is 32.1. The van der Waals surface area contributed by atoms with E-state index in [1.165, 1.54) is 12.1 Å². The van der Waals surface area contributed by atoms with E-state index in [4.69, 9.17) is 17.0 Å². The van der Waals surface area contributed by atoms with Crippen LogP contribution in [0.2, 0.25) is 0 Å². The zero-order valence-corrected chi connectivity index (χ0v) is 13.4. The summed E-state index contributed by atoms with van der Waals surface area (Å²) in [6, 6.07) is 4.65. The molecule has 0 spiro atoms. The molecule has 1 aromatic carbocycles. The highest BCUT2D eigenvalue weighted by Gasteiger charge is 2.32. The maximum absolute atomic E-state index is 13.4.